The zero-order valence-corrected chi connectivity index (χ0v) is 20.2. The number of nitrogens with zero attached hydrogens (tertiary/aromatic N) is 2. The number of carbonyl (C=O) groups is 2. The zero-order valence-electron chi connectivity index (χ0n) is 18.7. The number of allylic oxidation sites excluding steroid dienone is 1. The van der Waals surface area contributed by atoms with Crippen LogP contribution in [0.3, 0.4) is 0 Å². The van der Waals surface area contributed by atoms with Crippen molar-refractivity contribution in [2.45, 2.75) is 26.3 Å². The van der Waals surface area contributed by atoms with Crippen molar-refractivity contribution in [1.29, 1.82) is 0 Å². The van der Waals surface area contributed by atoms with Crippen LogP contribution in [0.5, 0.6) is 5.75 Å². The third-order valence-electron chi connectivity index (χ3n) is 5.38. The Morgan fingerprint density at radius 2 is 1.91 bits per heavy atom. The second-order valence-corrected chi connectivity index (χ2v) is 8.60. The van der Waals surface area contributed by atoms with Crippen molar-refractivity contribution in [3.63, 3.8) is 0 Å². The molecule has 1 aliphatic rings. The summed E-state index contributed by atoms with van der Waals surface area (Å²) >= 11 is 11.3. The van der Waals surface area contributed by atoms with Gasteiger partial charge in [-0.15, -0.1) is 0 Å². The van der Waals surface area contributed by atoms with E-state index >= 15 is 0 Å². The fraction of sp³-hybridized carbons (Fsp3) is 0.200. The number of aliphatic carboxylic acids is 1. The molecule has 2 N–H and O–H groups in total. The van der Waals surface area contributed by atoms with E-state index in [0.717, 1.165) is 23.3 Å². The van der Waals surface area contributed by atoms with Crippen molar-refractivity contribution in [3.8, 4) is 5.75 Å². The molecule has 10 heteroatoms. The molecule has 4 rings (SSSR count). The molecule has 0 unspecified atom stereocenters. The van der Waals surface area contributed by atoms with Crippen molar-refractivity contribution in [2.75, 3.05) is 11.9 Å². The first-order chi connectivity index (χ1) is 16.8. The third-order valence-corrected chi connectivity index (χ3v) is 6.19. The van der Waals surface area contributed by atoms with Crippen molar-refractivity contribution >= 4 is 63.3 Å². The van der Waals surface area contributed by atoms with Crippen LogP contribution in [0.4, 0.5) is 5.69 Å². The molecule has 180 valence electrons. The van der Waals surface area contributed by atoms with Crippen molar-refractivity contribution in [1.82, 2.24) is 9.55 Å². The number of carboxylic acid groups (broad SMARTS) is 1. The van der Waals surface area contributed by atoms with Crippen LogP contribution in [-0.4, -0.2) is 33.1 Å². The number of benzene rings is 2. The van der Waals surface area contributed by atoms with Gasteiger partial charge in [0.05, 0.1) is 17.5 Å². The van der Waals surface area contributed by atoms with Gasteiger partial charge in [0.25, 0.3) is 11.5 Å². The number of anilines is 1. The second-order valence-electron chi connectivity index (χ2n) is 7.85. The number of carbonyl (C=O) groups excluding carboxylic acids is 1. The molecule has 0 atom stereocenters. The maximum Gasteiger partial charge on any atom is 0.349 e. The lowest BCUT2D eigenvalue weighted by Gasteiger charge is -2.09. The van der Waals surface area contributed by atoms with E-state index < -0.39 is 21.9 Å². The van der Waals surface area contributed by atoms with Gasteiger partial charge in [0, 0.05) is 12.2 Å². The summed E-state index contributed by atoms with van der Waals surface area (Å²) in [5.74, 6) is -1.04. The van der Waals surface area contributed by atoms with Gasteiger partial charge < -0.3 is 15.2 Å². The Balaban J connectivity index is 1.65. The molecular formula is C25H21Cl2N3O5. The average Bonchev–Trinajstić information content (AvgIpc) is 3.25. The van der Waals surface area contributed by atoms with Crippen molar-refractivity contribution in [2.24, 2.45) is 0 Å². The Morgan fingerprint density at radius 1 is 1.17 bits per heavy atom. The molecule has 1 aromatic heterocycles. The number of ether oxygens (including phenoxy) is 1. The third kappa shape index (κ3) is 5.23. The number of amides is 1. The van der Waals surface area contributed by atoms with Gasteiger partial charge in [-0.1, -0.05) is 42.3 Å². The molecule has 3 aromatic rings. The molecule has 1 amide bonds. The topological polar surface area (TPSA) is 111 Å². The van der Waals surface area contributed by atoms with Crippen LogP contribution >= 0.6 is 23.2 Å². The number of hydrogen-bond acceptors (Lipinski definition) is 5. The lowest BCUT2D eigenvalue weighted by Crippen LogP contribution is -2.21. The normalized spacial score (nSPS) is 14.5. The van der Waals surface area contributed by atoms with Gasteiger partial charge in [0.2, 0.25) is 0 Å². The summed E-state index contributed by atoms with van der Waals surface area (Å²) in [6.07, 6.45) is 3.58. The van der Waals surface area contributed by atoms with E-state index in [-0.39, 0.29) is 5.56 Å². The van der Waals surface area contributed by atoms with Crippen LogP contribution in [-0.2, 0) is 16.1 Å². The Morgan fingerprint density at radius 3 is 2.60 bits per heavy atom. The van der Waals surface area contributed by atoms with Gasteiger partial charge in [0.15, 0.2) is 0 Å². The predicted octanol–water partition coefficient (Wildman–Crippen LogP) is 4.84. The van der Waals surface area contributed by atoms with E-state index in [0.29, 0.717) is 42.0 Å². The smallest absolute Gasteiger partial charge is 0.349 e. The van der Waals surface area contributed by atoms with Crippen LogP contribution in [0.1, 0.15) is 31.2 Å². The van der Waals surface area contributed by atoms with Gasteiger partial charge in [-0.3, -0.25) is 14.2 Å². The number of halogens is 2. The van der Waals surface area contributed by atoms with Crippen LogP contribution in [0.2, 0.25) is 0 Å². The first kappa shape index (κ1) is 24.5. The molecule has 2 aromatic carbocycles. The molecule has 0 radical (unpaired) electrons. The first-order valence-electron chi connectivity index (χ1n) is 10.9. The van der Waals surface area contributed by atoms with Crippen molar-refractivity contribution < 1.29 is 19.4 Å². The fourth-order valence-corrected chi connectivity index (χ4v) is 3.91. The van der Waals surface area contributed by atoms with Crippen LogP contribution < -0.4 is 15.6 Å². The largest absolute Gasteiger partial charge is 0.494 e. The van der Waals surface area contributed by atoms with Crippen molar-refractivity contribution in [3.05, 3.63) is 74.3 Å². The van der Waals surface area contributed by atoms with Gasteiger partial charge >= 0.3 is 5.97 Å². The van der Waals surface area contributed by atoms with E-state index in [9.17, 15) is 14.4 Å². The van der Waals surface area contributed by atoms with E-state index in [4.69, 9.17) is 33.0 Å². The number of hydrogen-bond donors (Lipinski definition) is 2. The lowest BCUT2D eigenvalue weighted by molar-refractivity contribution is -0.132. The molecule has 0 aliphatic carbocycles. The summed E-state index contributed by atoms with van der Waals surface area (Å²) in [4.78, 5) is 40.9. The quantitative estimate of drug-likeness (QED) is 0.437. The number of nitrogens with one attached hydrogen (secondary N) is 1. The molecule has 0 saturated carbocycles. The Labute approximate surface area is 210 Å². The summed E-state index contributed by atoms with van der Waals surface area (Å²) in [5, 5.41) is 10.3. The molecule has 0 bridgehead atoms. The fourth-order valence-electron chi connectivity index (χ4n) is 3.69. The number of carboxylic acids is 1. The van der Waals surface area contributed by atoms with Crippen LogP contribution in [0.25, 0.3) is 22.6 Å². The predicted molar refractivity (Wildman–Crippen MR) is 136 cm³/mol. The van der Waals surface area contributed by atoms with Crippen LogP contribution in [0.15, 0.2) is 57.3 Å². The maximum atomic E-state index is 13.0. The second kappa shape index (κ2) is 10.3. The number of fused-ring (bicyclic) bond motifs is 2. The highest BCUT2D eigenvalue weighted by molar-refractivity contribution is 6.54. The molecule has 35 heavy (non-hydrogen) atoms. The molecule has 0 fully saturated rings. The molecule has 0 saturated heterocycles. The number of aromatic nitrogens is 2. The molecular weight excluding hydrogens is 493 g/mol. The summed E-state index contributed by atoms with van der Waals surface area (Å²) in [6, 6.07) is 12.3. The lowest BCUT2D eigenvalue weighted by atomic mass is 10.1. The molecule has 1 aliphatic heterocycles. The standard InChI is InChI=1S/C25H21Cl2N3O5/c1-2-11-35-17-6-3-14(4-7-17)12-15-9-10-30-22(15)29-19-13-16(5-8-18(19)24(30)32)28-23(31)20(26)21(27)25(33)34/h3-8,12-13H,2,9-11H2,1H3,(H,28,31)(H,33,34). The Hall–Kier alpha value is -3.62. The molecule has 2 heterocycles. The zero-order chi connectivity index (χ0) is 25.1. The van der Waals surface area contributed by atoms with Crippen LogP contribution in [0, 0.1) is 0 Å². The van der Waals surface area contributed by atoms with E-state index in [1.807, 2.05) is 37.3 Å². The highest BCUT2D eigenvalue weighted by atomic mass is 35.5. The highest BCUT2D eigenvalue weighted by Crippen LogP contribution is 2.29. The molecule has 8 nitrogen and oxygen atoms in total. The van der Waals surface area contributed by atoms with Gasteiger partial charge in [-0.05, 0) is 60.4 Å². The maximum absolute atomic E-state index is 13.0. The minimum absolute atomic E-state index is 0.179. The van der Waals surface area contributed by atoms with E-state index in [1.165, 1.54) is 12.1 Å². The Kier molecular flexibility index (Phi) is 7.23. The van der Waals surface area contributed by atoms with Gasteiger partial charge in [-0.2, -0.15) is 0 Å². The summed E-state index contributed by atoms with van der Waals surface area (Å²) < 4.78 is 7.26. The van der Waals surface area contributed by atoms with E-state index in [2.05, 4.69) is 10.3 Å². The highest BCUT2D eigenvalue weighted by Gasteiger charge is 2.22. The monoisotopic (exact) mass is 513 g/mol. The summed E-state index contributed by atoms with van der Waals surface area (Å²) in [7, 11) is 0. The average molecular weight is 514 g/mol. The van der Waals surface area contributed by atoms with Gasteiger partial charge in [-0.25, -0.2) is 9.78 Å². The minimum atomic E-state index is -1.52. The minimum Gasteiger partial charge on any atom is -0.494 e. The van der Waals surface area contributed by atoms with Gasteiger partial charge in [0.1, 0.15) is 21.6 Å². The summed E-state index contributed by atoms with van der Waals surface area (Å²) in [5.41, 5.74) is 2.38. The number of rotatable bonds is 7. The van der Waals surface area contributed by atoms with E-state index in [1.54, 1.807) is 10.6 Å². The SMILES string of the molecule is CCCOc1ccc(C=C2CCn3c2nc2cc(NC(=O)C(Cl)=C(Cl)C(=O)O)ccc2c3=O)cc1. The molecule has 0 spiro atoms. The Bertz CT molecular complexity index is 1440. The first-order valence-corrected chi connectivity index (χ1v) is 11.6. The summed E-state index contributed by atoms with van der Waals surface area (Å²) in [6.45, 7) is 3.23.